The van der Waals surface area contributed by atoms with Gasteiger partial charge in [0, 0.05) is 18.1 Å². The normalized spacial score (nSPS) is 10.0. The van der Waals surface area contributed by atoms with Gasteiger partial charge in [-0.15, -0.1) is 0 Å². The number of nitrogens with one attached hydrogen (secondary N) is 2. The summed E-state index contributed by atoms with van der Waals surface area (Å²) in [6.07, 6.45) is 2.97. The van der Waals surface area contributed by atoms with Crippen molar-refractivity contribution in [2.45, 2.75) is 6.54 Å². The van der Waals surface area contributed by atoms with Gasteiger partial charge >= 0.3 is 0 Å². The molecule has 0 saturated heterocycles. The van der Waals surface area contributed by atoms with Crippen molar-refractivity contribution in [2.24, 2.45) is 0 Å². The second-order valence-corrected chi connectivity index (χ2v) is 4.77. The molecular weight excluding hydrogens is 308 g/mol. The number of benzene rings is 1. The molecule has 0 aliphatic carbocycles. The molecule has 19 heavy (non-hydrogen) atoms. The summed E-state index contributed by atoms with van der Waals surface area (Å²) in [5.74, 6) is 0.388. The lowest BCUT2D eigenvalue weighted by Gasteiger charge is -2.05. The van der Waals surface area contributed by atoms with Crippen molar-refractivity contribution < 1.29 is 4.79 Å². The number of hydrogen-bond acceptors (Lipinski definition) is 4. The van der Waals surface area contributed by atoms with Gasteiger partial charge in [-0.2, -0.15) is 0 Å². The van der Waals surface area contributed by atoms with Gasteiger partial charge in [-0.3, -0.25) is 4.79 Å². The van der Waals surface area contributed by atoms with E-state index in [1.807, 2.05) is 24.3 Å². The van der Waals surface area contributed by atoms with Crippen LogP contribution in [0, 0.1) is 0 Å². The maximum Gasteiger partial charge on any atom is 0.271 e. The molecule has 1 aromatic heterocycles. The minimum Gasteiger partial charge on any atom is -0.372 e. The molecule has 0 spiro atoms. The lowest BCUT2D eigenvalue weighted by molar-refractivity contribution is 0.0945. The minimum atomic E-state index is -0.241. The van der Waals surface area contributed by atoms with Crippen molar-refractivity contribution >= 4 is 27.7 Å². The average molecular weight is 321 g/mol. The first-order valence-electron chi connectivity index (χ1n) is 5.71. The summed E-state index contributed by atoms with van der Waals surface area (Å²) in [6, 6.07) is 7.76. The highest BCUT2D eigenvalue weighted by atomic mass is 79.9. The summed E-state index contributed by atoms with van der Waals surface area (Å²) >= 11 is 3.39. The van der Waals surface area contributed by atoms with E-state index in [4.69, 9.17) is 0 Å². The second-order valence-electron chi connectivity index (χ2n) is 3.85. The van der Waals surface area contributed by atoms with E-state index in [0.29, 0.717) is 18.1 Å². The van der Waals surface area contributed by atoms with Crippen LogP contribution < -0.4 is 10.6 Å². The molecule has 0 atom stereocenters. The van der Waals surface area contributed by atoms with Crippen LogP contribution >= 0.6 is 15.9 Å². The molecule has 0 saturated carbocycles. The third-order valence-corrected chi connectivity index (χ3v) is 2.98. The standard InChI is InChI=1S/C13H13BrN4O/c1-15-12-8-16-11(7-17-12)13(19)18-6-9-3-2-4-10(14)5-9/h2-5,7-8H,6H2,1H3,(H,15,17)(H,18,19). The van der Waals surface area contributed by atoms with Crippen molar-refractivity contribution in [3.63, 3.8) is 0 Å². The van der Waals surface area contributed by atoms with Crippen LogP contribution in [0.1, 0.15) is 16.1 Å². The van der Waals surface area contributed by atoms with Crippen LogP contribution in [0.5, 0.6) is 0 Å². The Kier molecular flexibility index (Phi) is 4.46. The minimum absolute atomic E-state index is 0.241. The molecular formula is C13H13BrN4O. The van der Waals surface area contributed by atoms with Gasteiger partial charge in [0.1, 0.15) is 11.5 Å². The van der Waals surface area contributed by atoms with E-state index in [0.717, 1.165) is 10.0 Å². The molecule has 0 bridgehead atoms. The summed E-state index contributed by atoms with van der Waals surface area (Å²) in [6.45, 7) is 0.452. The Bertz CT molecular complexity index is 571. The molecule has 1 amide bonds. The Morgan fingerprint density at radius 3 is 2.79 bits per heavy atom. The Morgan fingerprint density at radius 1 is 1.32 bits per heavy atom. The van der Waals surface area contributed by atoms with Crippen LogP contribution in [0.4, 0.5) is 5.82 Å². The predicted molar refractivity (Wildman–Crippen MR) is 76.9 cm³/mol. The molecule has 1 heterocycles. The molecule has 1 aromatic carbocycles. The Labute approximate surface area is 119 Å². The number of halogens is 1. The van der Waals surface area contributed by atoms with Gasteiger partial charge in [0.15, 0.2) is 0 Å². The monoisotopic (exact) mass is 320 g/mol. The molecule has 0 aliphatic heterocycles. The van der Waals surface area contributed by atoms with Crippen molar-refractivity contribution in [1.82, 2.24) is 15.3 Å². The van der Waals surface area contributed by atoms with Gasteiger partial charge in [-0.1, -0.05) is 28.1 Å². The largest absolute Gasteiger partial charge is 0.372 e. The zero-order valence-electron chi connectivity index (χ0n) is 10.4. The fourth-order valence-electron chi connectivity index (χ4n) is 1.49. The fourth-order valence-corrected chi connectivity index (χ4v) is 1.94. The van der Waals surface area contributed by atoms with Crippen molar-refractivity contribution in [3.8, 4) is 0 Å². The van der Waals surface area contributed by atoms with Gasteiger partial charge in [-0.25, -0.2) is 9.97 Å². The van der Waals surface area contributed by atoms with E-state index >= 15 is 0 Å². The van der Waals surface area contributed by atoms with Crippen LogP contribution in [-0.4, -0.2) is 22.9 Å². The zero-order valence-corrected chi connectivity index (χ0v) is 11.9. The summed E-state index contributed by atoms with van der Waals surface area (Å²) in [7, 11) is 1.75. The Morgan fingerprint density at radius 2 is 2.16 bits per heavy atom. The number of rotatable bonds is 4. The van der Waals surface area contributed by atoms with Gasteiger partial charge in [0.25, 0.3) is 5.91 Å². The van der Waals surface area contributed by atoms with Gasteiger partial charge in [0.2, 0.25) is 0 Å². The van der Waals surface area contributed by atoms with Gasteiger partial charge in [0.05, 0.1) is 12.4 Å². The predicted octanol–water partition coefficient (Wildman–Crippen LogP) is 2.21. The third kappa shape index (κ3) is 3.75. The molecule has 2 aromatic rings. The zero-order chi connectivity index (χ0) is 13.7. The number of hydrogen-bond donors (Lipinski definition) is 2. The molecule has 0 aliphatic rings. The van der Waals surface area contributed by atoms with Crippen LogP contribution in [0.2, 0.25) is 0 Å². The first kappa shape index (κ1) is 13.5. The smallest absolute Gasteiger partial charge is 0.271 e. The van der Waals surface area contributed by atoms with Gasteiger partial charge < -0.3 is 10.6 Å². The number of amides is 1. The number of nitrogens with zero attached hydrogens (tertiary/aromatic N) is 2. The number of carbonyl (C=O) groups is 1. The number of aromatic nitrogens is 2. The molecule has 0 radical (unpaired) electrons. The molecule has 2 N–H and O–H groups in total. The molecule has 98 valence electrons. The number of anilines is 1. The quantitative estimate of drug-likeness (QED) is 0.906. The summed E-state index contributed by atoms with van der Waals surface area (Å²) in [5.41, 5.74) is 1.32. The van der Waals surface area contributed by atoms with Crippen LogP contribution in [-0.2, 0) is 6.54 Å². The van der Waals surface area contributed by atoms with E-state index in [1.54, 1.807) is 7.05 Å². The number of carbonyl (C=O) groups excluding carboxylic acids is 1. The average Bonchev–Trinajstić information content (AvgIpc) is 2.45. The maximum atomic E-state index is 11.9. The highest BCUT2D eigenvalue weighted by molar-refractivity contribution is 9.10. The molecule has 5 nitrogen and oxygen atoms in total. The van der Waals surface area contributed by atoms with Crippen molar-refractivity contribution in [3.05, 3.63) is 52.4 Å². The van der Waals surface area contributed by atoms with E-state index in [9.17, 15) is 4.79 Å². The molecule has 0 fully saturated rings. The highest BCUT2D eigenvalue weighted by Gasteiger charge is 2.07. The summed E-state index contributed by atoms with van der Waals surface area (Å²) in [4.78, 5) is 19.9. The summed E-state index contributed by atoms with van der Waals surface area (Å²) < 4.78 is 0.984. The van der Waals surface area contributed by atoms with E-state index < -0.39 is 0 Å². The Balaban J connectivity index is 1.97. The third-order valence-electron chi connectivity index (χ3n) is 2.48. The van der Waals surface area contributed by atoms with E-state index in [1.165, 1.54) is 12.4 Å². The van der Waals surface area contributed by atoms with Crippen molar-refractivity contribution in [2.75, 3.05) is 12.4 Å². The molecule has 2 rings (SSSR count). The van der Waals surface area contributed by atoms with Crippen LogP contribution in [0.25, 0.3) is 0 Å². The lowest BCUT2D eigenvalue weighted by Crippen LogP contribution is -2.24. The second kappa shape index (κ2) is 6.29. The Hall–Kier alpha value is -1.95. The first-order valence-corrected chi connectivity index (χ1v) is 6.51. The van der Waals surface area contributed by atoms with Crippen LogP contribution in [0.3, 0.4) is 0 Å². The van der Waals surface area contributed by atoms with Gasteiger partial charge in [-0.05, 0) is 17.7 Å². The van der Waals surface area contributed by atoms with Crippen LogP contribution in [0.15, 0.2) is 41.1 Å². The SMILES string of the molecule is CNc1cnc(C(=O)NCc2cccc(Br)c2)cn1. The fraction of sp³-hybridized carbons (Fsp3) is 0.154. The van der Waals surface area contributed by atoms with E-state index in [2.05, 4.69) is 36.5 Å². The topological polar surface area (TPSA) is 66.9 Å². The van der Waals surface area contributed by atoms with Crippen molar-refractivity contribution in [1.29, 1.82) is 0 Å². The molecule has 6 heteroatoms. The lowest BCUT2D eigenvalue weighted by atomic mass is 10.2. The molecule has 0 unspecified atom stereocenters. The maximum absolute atomic E-state index is 11.9. The highest BCUT2D eigenvalue weighted by Crippen LogP contribution is 2.11. The first-order chi connectivity index (χ1) is 9.19. The summed E-state index contributed by atoms with van der Waals surface area (Å²) in [5, 5.41) is 5.64. The van der Waals surface area contributed by atoms with E-state index in [-0.39, 0.29) is 5.91 Å².